The highest BCUT2D eigenvalue weighted by Crippen LogP contribution is 2.21. The minimum atomic E-state index is -0.409. The molecule has 150 valence electrons. The van der Waals surface area contributed by atoms with E-state index in [4.69, 9.17) is 0 Å². The van der Waals surface area contributed by atoms with Gasteiger partial charge in [0, 0.05) is 35.3 Å². The lowest BCUT2D eigenvalue weighted by atomic mass is 10.1. The van der Waals surface area contributed by atoms with Crippen molar-refractivity contribution in [3.8, 4) is 0 Å². The number of nitrogens with zero attached hydrogens (tertiary/aromatic N) is 3. The molecule has 0 saturated carbocycles. The quantitative estimate of drug-likeness (QED) is 0.493. The number of hydrogen-bond acceptors (Lipinski definition) is 3. The maximum absolute atomic E-state index is 14.4. The zero-order chi connectivity index (χ0) is 21.1. The maximum atomic E-state index is 14.4. The van der Waals surface area contributed by atoms with Crippen molar-refractivity contribution in [2.45, 2.75) is 20.3 Å². The standard InChI is InChI=1S/C24H21FN4O/c1-3-22-16(2)29-15-20(11-12-23(29)28-22)27-24(30)18-9-7-17(8-10-18)21(25)14-19-6-4-5-13-26-19/h4-15H,3H2,1-2H3,(H,27,30). The molecular formula is C24H21FN4O. The van der Waals surface area contributed by atoms with Gasteiger partial charge < -0.3 is 9.72 Å². The summed E-state index contributed by atoms with van der Waals surface area (Å²) in [6.07, 6.45) is 5.69. The zero-order valence-corrected chi connectivity index (χ0v) is 16.8. The van der Waals surface area contributed by atoms with Crippen LogP contribution in [0.4, 0.5) is 10.1 Å². The molecule has 0 aliphatic rings. The van der Waals surface area contributed by atoms with Crippen molar-refractivity contribution < 1.29 is 9.18 Å². The highest BCUT2D eigenvalue weighted by Gasteiger charge is 2.10. The van der Waals surface area contributed by atoms with Crippen LogP contribution in [0.5, 0.6) is 0 Å². The van der Waals surface area contributed by atoms with Gasteiger partial charge in [0.05, 0.1) is 17.1 Å². The largest absolute Gasteiger partial charge is 0.321 e. The third kappa shape index (κ3) is 3.98. The van der Waals surface area contributed by atoms with Crippen LogP contribution in [0.3, 0.4) is 0 Å². The smallest absolute Gasteiger partial charge is 0.255 e. The van der Waals surface area contributed by atoms with Gasteiger partial charge in [0.15, 0.2) is 0 Å². The predicted octanol–water partition coefficient (Wildman–Crippen LogP) is 5.32. The molecule has 1 amide bonds. The van der Waals surface area contributed by atoms with E-state index in [-0.39, 0.29) is 5.91 Å². The Morgan fingerprint density at radius 3 is 2.57 bits per heavy atom. The molecule has 0 bridgehead atoms. The van der Waals surface area contributed by atoms with Gasteiger partial charge in [-0.25, -0.2) is 9.37 Å². The summed E-state index contributed by atoms with van der Waals surface area (Å²) in [6, 6.07) is 15.4. The third-order valence-electron chi connectivity index (χ3n) is 4.93. The van der Waals surface area contributed by atoms with Crippen LogP contribution in [-0.4, -0.2) is 20.3 Å². The van der Waals surface area contributed by atoms with Crippen LogP contribution in [0.1, 0.15) is 39.9 Å². The Labute approximate surface area is 173 Å². The van der Waals surface area contributed by atoms with E-state index < -0.39 is 5.83 Å². The van der Waals surface area contributed by atoms with Gasteiger partial charge in [-0.2, -0.15) is 0 Å². The summed E-state index contributed by atoms with van der Waals surface area (Å²) in [5.74, 6) is -0.670. The van der Waals surface area contributed by atoms with Gasteiger partial charge in [-0.05, 0) is 49.7 Å². The minimum absolute atomic E-state index is 0.261. The first-order valence-corrected chi connectivity index (χ1v) is 9.72. The maximum Gasteiger partial charge on any atom is 0.255 e. The van der Waals surface area contributed by atoms with Gasteiger partial charge in [-0.15, -0.1) is 0 Å². The van der Waals surface area contributed by atoms with Gasteiger partial charge in [0.2, 0.25) is 0 Å². The van der Waals surface area contributed by atoms with Crippen molar-refractivity contribution in [2.75, 3.05) is 5.32 Å². The Bertz CT molecular complexity index is 1230. The van der Waals surface area contributed by atoms with E-state index in [1.807, 2.05) is 29.7 Å². The van der Waals surface area contributed by atoms with Crippen LogP contribution < -0.4 is 5.32 Å². The lowest BCUT2D eigenvalue weighted by Gasteiger charge is -2.07. The lowest BCUT2D eigenvalue weighted by molar-refractivity contribution is 0.102. The second-order valence-electron chi connectivity index (χ2n) is 6.92. The Balaban J connectivity index is 1.51. The van der Waals surface area contributed by atoms with Gasteiger partial charge in [-0.1, -0.05) is 25.1 Å². The number of benzene rings is 1. The van der Waals surface area contributed by atoms with Crippen LogP contribution in [0.25, 0.3) is 17.6 Å². The summed E-state index contributed by atoms with van der Waals surface area (Å²) in [6.45, 7) is 4.08. The van der Waals surface area contributed by atoms with E-state index in [2.05, 4.69) is 22.2 Å². The van der Waals surface area contributed by atoms with Gasteiger partial charge in [0.1, 0.15) is 11.5 Å². The average Bonchev–Trinajstić information content (AvgIpc) is 3.10. The first kappa shape index (κ1) is 19.5. The number of hydrogen-bond donors (Lipinski definition) is 1. The topological polar surface area (TPSA) is 59.3 Å². The van der Waals surface area contributed by atoms with Crippen molar-refractivity contribution >= 4 is 29.1 Å². The molecule has 1 aromatic carbocycles. The molecule has 0 fully saturated rings. The van der Waals surface area contributed by atoms with Crippen LogP contribution in [0, 0.1) is 6.92 Å². The molecule has 5 nitrogen and oxygen atoms in total. The van der Waals surface area contributed by atoms with Crippen molar-refractivity contribution in [1.29, 1.82) is 0 Å². The number of carbonyl (C=O) groups is 1. The fourth-order valence-corrected chi connectivity index (χ4v) is 3.28. The van der Waals surface area contributed by atoms with E-state index in [9.17, 15) is 9.18 Å². The first-order chi connectivity index (χ1) is 14.5. The highest BCUT2D eigenvalue weighted by atomic mass is 19.1. The normalized spacial score (nSPS) is 11.6. The molecule has 30 heavy (non-hydrogen) atoms. The van der Waals surface area contributed by atoms with Crippen LogP contribution in [-0.2, 0) is 6.42 Å². The average molecular weight is 400 g/mol. The SMILES string of the molecule is CCc1nc2ccc(NC(=O)c3ccc(C(F)=Cc4ccccn4)cc3)cn2c1C. The van der Waals surface area contributed by atoms with E-state index in [1.165, 1.54) is 6.08 Å². The van der Waals surface area contributed by atoms with Crippen molar-refractivity contribution in [2.24, 2.45) is 0 Å². The molecule has 0 aliphatic carbocycles. The second-order valence-corrected chi connectivity index (χ2v) is 6.92. The summed E-state index contributed by atoms with van der Waals surface area (Å²) in [5.41, 5.74) is 4.98. The third-order valence-corrected chi connectivity index (χ3v) is 4.93. The number of carbonyl (C=O) groups excluding carboxylic acids is 1. The molecule has 0 unspecified atom stereocenters. The summed E-state index contributed by atoms with van der Waals surface area (Å²) >= 11 is 0. The van der Waals surface area contributed by atoms with E-state index in [1.54, 1.807) is 48.7 Å². The molecule has 0 atom stereocenters. The Morgan fingerprint density at radius 2 is 1.87 bits per heavy atom. The van der Waals surface area contributed by atoms with Crippen LogP contribution in [0.2, 0.25) is 0 Å². The highest BCUT2D eigenvalue weighted by molar-refractivity contribution is 6.04. The van der Waals surface area contributed by atoms with Crippen molar-refractivity contribution in [1.82, 2.24) is 14.4 Å². The molecule has 6 heteroatoms. The fraction of sp³-hybridized carbons (Fsp3) is 0.125. The summed E-state index contributed by atoms with van der Waals surface area (Å²) in [4.78, 5) is 21.3. The lowest BCUT2D eigenvalue weighted by Crippen LogP contribution is -2.12. The predicted molar refractivity (Wildman–Crippen MR) is 117 cm³/mol. The van der Waals surface area contributed by atoms with E-state index in [0.29, 0.717) is 22.5 Å². The molecule has 4 rings (SSSR count). The number of rotatable bonds is 5. The Kier molecular flexibility index (Phi) is 5.39. The summed E-state index contributed by atoms with van der Waals surface area (Å²) < 4.78 is 16.4. The molecule has 3 heterocycles. The second kappa shape index (κ2) is 8.29. The van der Waals surface area contributed by atoms with Gasteiger partial charge >= 0.3 is 0 Å². The number of aryl methyl sites for hydroxylation is 2. The number of aromatic nitrogens is 3. The number of fused-ring (bicyclic) bond motifs is 1. The van der Waals surface area contributed by atoms with E-state index >= 15 is 0 Å². The monoisotopic (exact) mass is 400 g/mol. The van der Waals surface area contributed by atoms with E-state index in [0.717, 1.165) is 23.5 Å². The number of pyridine rings is 2. The molecule has 1 N–H and O–H groups in total. The van der Waals surface area contributed by atoms with Gasteiger partial charge in [0.25, 0.3) is 5.91 Å². The van der Waals surface area contributed by atoms with Crippen LogP contribution in [0.15, 0.2) is 67.0 Å². The minimum Gasteiger partial charge on any atom is -0.321 e. The molecule has 4 aromatic rings. The summed E-state index contributed by atoms with van der Waals surface area (Å²) in [5, 5.41) is 2.89. The van der Waals surface area contributed by atoms with Gasteiger partial charge in [-0.3, -0.25) is 9.78 Å². The summed E-state index contributed by atoms with van der Waals surface area (Å²) in [7, 11) is 0. The molecule has 0 saturated heterocycles. The fourth-order valence-electron chi connectivity index (χ4n) is 3.28. The van der Waals surface area contributed by atoms with Crippen molar-refractivity contribution in [3.63, 3.8) is 0 Å². The molecule has 0 radical (unpaired) electrons. The number of anilines is 1. The number of amides is 1. The number of nitrogens with one attached hydrogen (secondary N) is 1. The zero-order valence-electron chi connectivity index (χ0n) is 16.8. The van der Waals surface area contributed by atoms with Crippen molar-refractivity contribution in [3.05, 3.63) is 95.2 Å². The Hall–Kier alpha value is -3.80. The Morgan fingerprint density at radius 1 is 1.10 bits per heavy atom. The first-order valence-electron chi connectivity index (χ1n) is 9.72. The molecular weight excluding hydrogens is 379 g/mol. The number of halogens is 1. The molecule has 3 aromatic heterocycles. The molecule has 0 spiro atoms. The number of imidazole rings is 1. The molecule has 0 aliphatic heterocycles. The van der Waals surface area contributed by atoms with Crippen LogP contribution >= 0.6 is 0 Å².